The molecule has 0 unspecified atom stereocenters. The Morgan fingerprint density at radius 1 is 1.36 bits per heavy atom. The summed E-state index contributed by atoms with van der Waals surface area (Å²) in [6.45, 7) is 7.22. The number of hydrogen-bond donors (Lipinski definition) is 2. The predicted octanol–water partition coefficient (Wildman–Crippen LogP) is 1.93. The summed E-state index contributed by atoms with van der Waals surface area (Å²) in [5, 5.41) is 6.41. The molecule has 0 atom stereocenters. The average Bonchev–Trinajstić information content (AvgIpc) is 2.15. The summed E-state index contributed by atoms with van der Waals surface area (Å²) in [5.74, 6) is 0.927. The van der Waals surface area contributed by atoms with E-state index in [0.717, 1.165) is 18.1 Å². The summed E-state index contributed by atoms with van der Waals surface area (Å²) in [5.41, 5.74) is 2.35. The quantitative estimate of drug-likeness (QED) is 0.767. The van der Waals surface area contributed by atoms with E-state index in [-0.39, 0.29) is 0 Å². The molecule has 0 aliphatic rings. The first-order chi connectivity index (χ1) is 6.63. The molecule has 1 aromatic rings. The van der Waals surface area contributed by atoms with E-state index in [4.69, 9.17) is 0 Å². The van der Waals surface area contributed by atoms with Crippen molar-refractivity contribution in [3.8, 4) is 0 Å². The van der Waals surface area contributed by atoms with Crippen LogP contribution in [0.2, 0.25) is 0 Å². The molecule has 3 nitrogen and oxygen atoms in total. The average molecular weight is 193 g/mol. The molecular formula is C11H19N3. The Labute approximate surface area is 85.9 Å². The van der Waals surface area contributed by atoms with E-state index in [1.54, 1.807) is 0 Å². The lowest BCUT2D eigenvalue weighted by Crippen LogP contribution is -2.22. The molecule has 1 rings (SSSR count). The molecule has 0 spiro atoms. The van der Waals surface area contributed by atoms with Crippen molar-refractivity contribution in [3.05, 3.63) is 23.4 Å². The lowest BCUT2D eigenvalue weighted by atomic mass is 10.2. The third kappa shape index (κ3) is 3.00. The largest absolute Gasteiger partial charge is 0.373 e. The van der Waals surface area contributed by atoms with E-state index in [1.807, 2.05) is 20.0 Å². The number of nitrogens with one attached hydrogen (secondary N) is 2. The molecule has 0 aromatic carbocycles. The number of nitrogens with zero attached hydrogens (tertiary/aromatic N) is 1. The summed E-state index contributed by atoms with van der Waals surface area (Å²) >= 11 is 0. The minimum Gasteiger partial charge on any atom is -0.373 e. The maximum absolute atomic E-state index is 4.42. The van der Waals surface area contributed by atoms with Crippen LogP contribution in [0.3, 0.4) is 0 Å². The zero-order valence-corrected chi connectivity index (χ0v) is 9.39. The maximum Gasteiger partial charge on any atom is 0.125 e. The lowest BCUT2D eigenvalue weighted by molar-refractivity contribution is 0.586. The molecule has 0 saturated heterocycles. The van der Waals surface area contributed by atoms with Crippen LogP contribution < -0.4 is 10.6 Å². The molecule has 0 amide bonds. The van der Waals surface area contributed by atoms with Crippen LogP contribution in [0.4, 0.5) is 5.82 Å². The number of pyridine rings is 1. The summed E-state index contributed by atoms with van der Waals surface area (Å²) in [6.07, 6.45) is 0. The van der Waals surface area contributed by atoms with E-state index in [0.29, 0.717) is 6.04 Å². The fourth-order valence-electron chi connectivity index (χ4n) is 1.23. The highest BCUT2D eigenvalue weighted by Crippen LogP contribution is 2.09. The zero-order valence-electron chi connectivity index (χ0n) is 9.39. The SMILES string of the molecule is CNc1ccc(CNC(C)C)c(C)n1. The maximum atomic E-state index is 4.42. The summed E-state index contributed by atoms with van der Waals surface area (Å²) in [4.78, 5) is 4.42. The van der Waals surface area contributed by atoms with Crippen molar-refractivity contribution >= 4 is 5.82 Å². The van der Waals surface area contributed by atoms with Gasteiger partial charge in [0.25, 0.3) is 0 Å². The van der Waals surface area contributed by atoms with Gasteiger partial charge in [-0.3, -0.25) is 0 Å². The van der Waals surface area contributed by atoms with Crippen molar-refractivity contribution in [2.75, 3.05) is 12.4 Å². The molecule has 0 saturated carbocycles. The number of aryl methyl sites for hydroxylation is 1. The fraction of sp³-hybridized carbons (Fsp3) is 0.545. The monoisotopic (exact) mass is 193 g/mol. The normalized spacial score (nSPS) is 10.6. The number of anilines is 1. The van der Waals surface area contributed by atoms with Crippen LogP contribution in [-0.2, 0) is 6.54 Å². The third-order valence-electron chi connectivity index (χ3n) is 2.15. The topological polar surface area (TPSA) is 37.0 Å². The van der Waals surface area contributed by atoms with Crippen molar-refractivity contribution < 1.29 is 0 Å². The Morgan fingerprint density at radius 2 is 2.07 bits per heavy atom. The molecule has 14 heavy (non-hydrogen) atoms. The first-order valence-electron chi connectivity index (χ1n) is 5.01. The molecular weight excluding hydrogens is 174 g/mol. The second-order valence-electron chi connectivity index (χ2n) is 3.73. The standard InChI is InChI=1S/C11H19N3/c1-8(2)13-7-10-5-6-11(12-4)14-9(10)3/h5-6,8,13H,7H2,1-4H3,(H,12,14). The van der Waals surface area contributed by atoms with Crippen LogP contribution in [0.25, 0.3) is 0 Å². The third-order valence-corrected chi connectivity index (χ3v) is 2.15. The van der Waals surface area contributed by atoms with Crippen molar-refractivity contribution in [2.24, 2.45) is 0 Å². The van der Waals surface area contributed by atoms with Gasteiger partial charge in [-0.15, -0.1) is 0 Å². The van der Waals surface area contributed by atoms with Gasteiger partial charge < -0.3 is 10.6 Å². The highest BCUT2D eigenvalue weighted by atomic mass is 15.0. The van der Waals surface area contributed by atoms with E-state index in [9.17, 15) is 0 Å². The van der Waals surface area contributed by atoms with Crippen LogP contribution in [-0.4, -0.2) is 18.1 Å². The summed E-state index contributed by atoms with van der Waals surface area (Å²) in [7, 11) is 1.88. The van der Waals surface area contributed by atoms with Gasteiger partial charge in [-0.05, 0) is 18.6 Å². The molecule has 0 radical (unpaired) electrons. The van der Waals surface area contributed by atoms with Gasteiger partial charge in [0.15, 0.2) is 0 Å². The van der Waals surface area contributed by atoms with Crippen molar-refractivity contribution in [3.63, 3.8) is 0 Å². The van der Waals surface area contributed by atoms with Gasteiger partial charge in [-0.2, -0.15) is 0 Å². The van der Waals surface area contributed by atoms with Gasteiger partial charge in [0.1, 0.15) is 5.82 Å². The van der Waals surface area contributed by atoms with Gasteiger partial charge in [0.05, 0.1) is 0 Å². The Bertz CT molecular complexity index is 295. The Hall–Kier alpha value is -1.09. The number of aromatic nitrogens is 1. The molecule has 0 fully saturated rings. The smallest absolute Gasteiger partial charge is 0.125 e. The minimum atomic E-state index is 0.512. The summed E-state index contributed by atoms with van der Waals surface area (Å²) in [6, 6.07) is 4.63. The minimum absolute atomic E-state index is 0.512. The molecule has 0 aliphatic heterocycles. The van der Waals surface area contributed by atoms with Crippen molar-refractivity contribution in [1.82, 2.24) is 10.3 Å². The second kappa shape index (κ2) is 4.96. The van der Waals surface area contributed by atoms with Crippen molar-refractivity contribution in [2.45, 2.75) is 33.4 Å². The molecule has 1 heterocycles. The Kier molecular flexibility index (Phi) is 3.89. The first kappa shape index (κ1) is 11.0. The van der Waals surface area contributed by atoms with E-state index in [2.05, 4.69) is 35.5 Å². The number of rotatable bonds is 4. The predicted molar refractivity (Wildman–Crippen MR) is 60.5 cm³/mol. The highest BCUT2D eigenvalue weighted by molar-refractivity contribution is 5.37. The molecule has 0 bridgehead atoms. The second-order valence-corrected chi connectivity index (χ2v) is 3.73. The van der Waals surface area contributed by atoms with Crippen molar-refractivity contribution in [1.29, 1.82) is 0 Å². The van der Waals surface area contributed by atoms with E-state index in [1.165, 1.54) is 5.56 Å². The van der Waals surface area contributed by atoms with Crippen LogP contribution >= 0.6 is 0 Å². The lowest BCUT2D eigenvalue weighted by Gasteiger charge is -2.10. The van der Waals surface area contributed by atoms with Gasteiger partial charge in [-0.25, -0.2) is 4.98 Å². The van der Waals surface area contributed by atoms with Gasteiger partial charge in [0, 0.05) is 25.3 Å². The van der Waals surface area contributed by atoms with E-state index < -0.39 is 0 Å². The molecule has 1 aromatic heterocycles. The van der Waals surface area contributed by atoms with Crippen LogP contribution in [0, 0.1) is 6.92 Å². The number of hydrogen-bond acceptors (Lipinski definition) is 3. The van der Waals surface area contributed by atoms with Crippen LogP contribution in [0.5, 0.6) is 0 Å². The summed E-state index contributed by atoms with van der Waals surface area (Å²) < 4.78 is 0. The first-order valence-corrected chi connectivity index (χ1v) is 5.01. The van der Waals surface area contributed by atoms with Gasteiger partial charge in [-0.1, -0.05) is 19.9 Å². The van der Waals surface area contributed by atoms with Gasteiger partial charge >= 0.3 is 0 Å². The Balaban J connectivity index is 2.69. The molecule has 0 aliphatic carbocycles. The molecule has 3 heteroatoms. The van der Waals surface area contributed by atoms with Gasteiger partial charge in [0.2, 0.25) is 0 Å². The van der Waals surface area contributed by atoms with Crippen LogP contribution in [0.1, 0.15) is 25.1 Å². The fourth-order valence-corrected chi connectivity index (χ4v) is 1.23. The Morgan fingerprint density at radius 3 is 2.57 bits per heavy atom. The molecule has 78 valence electrons. The molecule has 2 N–H and O–H groups in total. The zero-order chi connectivity index (χ0) is 10.6. The van der Waals surface area contributed by atoms with Crippen LogP contribution in [0.15, 0.2) is 12.1 Å². The van der Waals surface area contributed by atoms with E-state index >= 15 is 0 Å². The highest BCUT2D eigenvalue weighted by Gasteiger charge is 2.01.